The second-order valence-corrected chi connectivity index (χ2v) is 3.93. The average Bonchev–Trinajstić information content (AvgIpc) is 2.41. The fourth-order valence-electron chi connectivity index (χ4n) is 0.988. The van der Waals surface area contributed by atoms with Crippen molar-refractivity contribution in [3.63, 3.8) is 0 Å². The van der Waals surface area contributed by atoms with Gasteiger partial charge in [-0.3, -0.25) is 10.4 Å². The molecule has 0 saturated carbocycles. The molecule has 0 atom stereocenters. The minimum Gasteiger partial charge on any atom is -0.475 e. The van der Waals surface area contributed by atoms with Gasteiger partial charge in [-0.05, 0) is 0 Å². The number of likely N-dealkylation sites (N-methyl/N-ethyl adjacent to an activating group) is 1. The molecule has 116 valence electrons. The van der Waals surface area contributed by atoms with E-state index >= 15 is 0 Å². The van der Waals surface area contributed by atoms with Gasteiger partial charge in [0.15, 0.2) is 5.90 Å². The van der Waals surface area contributed by atoms with E-state index in [2.05, 4.69) is 16.9 Å². The van der Waals surface area contributed by atoms with Gasteiger partial charge >= 0.3 is 0 Å². The summed E-state index contributed by atoms with van der Waals surface area (Å²) in [7, 11) is 1.77. The van der Waals surface area contributed by atoms with Crippen LogP contribution in [-0.2, 0) is 14.2 Å². The average molecular weight is 288 g/mol. The van der Waals surface area contributed by atoms with E-state index in [1.807, 2.05) is 0 Å². The number of aliphatic hydroxyl groups is 1. The minimum absolute atomic E-state index is 0.0220. The summed E-state index contributed by atoms with van der Waals surface area (Å²) in [5.74, 6) is 0.117. The van der Waals surface area contributed by atoms with Crippen molar-refractivity contribution in [3.05, 3.63) is 12.3 Å². The van der Waals surface area contributed by atoms with Crippen LogP contribution in [0.3, 0.4) is 0 Å². The summed E-state index contributed by atoms with van der Waals surface area (Å²) >= 11 is 0. The summed E-state index contributed by atoms with van der Waals surface area (Å²) in [4.78, 5) is 0. The van der Waals surface area contributed by atoms with Gasteiger partial charge in [0.25, 0.3) is 0 Å². The fourth-order valence-corrected chi connectivity index (χ4v) is 0.988. The summed E-state index contributed by atoms with van der Waals surface area (Å²) < 4.78 is 15.3. The van der Waals surface area contributed by atoms with Gasteiger partial charge in [0.2, 0.25) is 0 Å². The summed E-state index contributed by atoms with van der Waals surface area (Å²) in [6, 6.07) is 0. The molecular formula is C12H24N4O4. The Kier molecular flexibility index (Phi) is 11.6. The van der Waals surface area contributed by atoms with Crippen molar-refractivity contribution < 1.29 is 19.3 Å². The molecule has 0 aliphatic carbocycles. The highest BCUT2D eigenvalue weighted by molar-refractivity contribution is 5.69. The molecule has 0 unspecified atom stereocenters. The Morgan fingerprint density at radius 2 is 1.90 bits per heavy atom. The van der Waals surface area contributed by atoms with Crippen LogP contribution in [0.5, 0.6) is 0 Å². The van der Waals surface area contributed by atoms with Crippen molar-refractivity contribution in [1.29, 1.82) is 5.41 Å². The van der Waals surface area contributed by atoms with Gasteiger partial charge in [0.05, 0.1) is 45.3 Å². The van der Waals surface area contributed by atoms with Gasteiger partial charge in [-0.15, -0.1) is 5.11 Å². The molecule has 8 nitrogen and oxygen atoms in total. The van der Waals surface area contributed by atoms with E-state index in [0.717, 1.165) is 0 Å². The number of hydrogen-bond acceptors (Lipinski definition) is 7. The summed E-state index contributed by atoms with van der Waals surface area (Å²) in [5.41, 5.74) is 0.446. The van der Waals surface area contributed by atoms with E-state index in [9.17, 15) is 0 Å². The van der Waals surface area contributed by atoms with Crippen molar-refractivity contribution in [1.82, 2.24) is 5.01 Å². The maximum absolute atomic E-state index is 8.49. The SMILES string of the molecule is C=C(COC(C)=N)N=NN(C)CCOCCOCCO. The third-order valence-electron chi connectivity index (χ3n) is 1.96. The van der Waals surface area contributed by atoms with Crippen molar-refractivity contribution in [2.75, 3.05) is 53.2 Å². The Morgan fingerprint density at radius 1 is 1.25 bits per heavy atom. The molecule has 0 bridgehead atoms. The first-order chi connectivity index (χ1) is 9.56. The predicted octanol–water partition coefficient (Wildman–Crippen LogP) is 0.838. The van der Waals surface area contributed by atoms with E-state index in [1.54, 1.807) is 12.1 Å². The summed E-state index contributed by atoms with van der Waals surface area (Å²) in [6.45, 7) is 7.73. The zero-order valence-electron chi connectivity index (χ0n) is 12.2. The zero-order chi connectivity index (χ0) is 15.2. The number of ether oxygens (including phenoxy) is 3. The molecule has 0 fully saturated rings. The normalized spacial score (nSPS) is 10.8. The van der Waals surface area contributed by atoms with E-state index in [1.165, 1.54) is 6.92 Å². The van der Waals surface area contributed by atoms with Crippen molar-refractivity contribution in [2.45, 2.75) is 6.92 Å². The molecule has 0 spiro atoms. The molecule has 0 saturated heterocycles. The van der Waals surface area contributed by atoms with Crippen LogP contribution in [0.15, 0.2) is 22.6 Å². The van der Waals surface area contributed by atoms with E-state index < -0.39 is 0 Å². The Labute approximate surface area is 119 Å². The Bertz CT molecular complexity index is 310. The van der Waals surface area contributed by atoms with Crippen LogP contribution in [0.1, 0.15) is 6.92 Å². The van der Waals surface area contributed by atoms with Crippen molar-refractivity contribution >= 4 is 5.90 Å². The summed E-state index contributed by atoms with van der Waals surface area (Å²) in [5, 5.41) is 25.0. The van der Waals surface area contributed by atoms with Crippen molar-refractivity contribution in [2.24, 2.45) is 10.3 Å². The van der Waals surface area contributed by atoms with Gasteiger partial charge in [-0.25, -0.2) is 0 Å². The first-order valence-corrected chi connectivity index (χ1v) is 6.31. The number of hydrogen-bond donors (Lipinski definition) is 2. The molecule has 0 rings (SSSR count). The highest BCUT2D eigenvalue weighted by Gasteiger charge is 1.97. The monoisotopic (exact) mass is 288 g/mol. The molecule has 0 amide bonds. The molecule has 8 heteroatoms. The van der Waals surface area contributed by atoms with Crippen LogP contribution >= 0.6 is 0 Å². The van der Waals surface area contributed by atoms with Gasteiger partial charge in [0, 0.05) is 14.0 Å². The maximum atomic E-state index is 8.49. The maximum Gasteiger partial charge on any atom is 0.177 e. The van der Waals surface area contributed by atoms with Gasteiger partial charge in [-0.1, -0.05) is 11.8 Å². The van der Waals surface area contributed by atoms with Crippen LogP contribution in [0, 0.1) is 5.41 Å². The first kappa shape index (κ1) is 18.5. The topological polar surface area (TPSA) is 99.7 Å². The standard InChI is InChI=1S/C12H24N4O4/c1-11(10-20-12(2)13)14-15-16(3)4-6-18-8-9-19-7-5-17/h13,17H,1,4-10H2,2-3H3. The fraction of sp³-hybridized carbons (Fsp3) is 0.750. The zero-order valence-corrected chi connectivity index (χ0v) is 12.2. The van der Waals surface area contributed by atoms with Gasteiger partial charge < -0.3 is 19.3 Å². The predicted molar refractivity (Wildman–Crippen MR) is 74.7 cm³/mol. The lowest BCUT2D eigenvalue weighted by atomic mass is 10.5. The first-order valence-electron chi connectivity index (χ1n) is 6.31. The molecule has 0 aliphatic heterocycles. The smallest absolute Gasteiger partial charge is 0.177 e. The lowest BCUT2D eigenvalue weighted by Crippen LogP contribution is -2.18. The Balaban J connectivity index is 3.54. The molecule has 2 N–H and O–H groups in total. The quantitative estimate of drug-likeness (QED) is 0.182. The Hall–Kier alpha value is -1.51. The third-order valence-corrected chi connectivity index (χ3v) is 1.96. The van der Waals surface area contributed by atoms with Crippen LogP contribution < -0.4 is 0 Å². The Morgan fingerprint density at radius 3 is 2.50 bits per heavy atom. The molecule has 0 heterocycles. The largest absolute Gasteiger partial charge is 0.475 e. The van der Waals surface area contributed by atoms with E-state index in [4.69, 9.17) is 24.7 Å². The highest BCUT2D eigenvalue weighted by atomic mass is 16.5. The molecule has 20 heavy (non-hydrogen) atoms. The third kappa shape index (κ3) is 12.9. The van der Waals surface area contributed by atoms with E-state index in [0.29, 0.717) is 38.7 Å². The summed E-state index contributed by atoms with van der Waals surface area (Å²) in [6.07, 6.45) is 0. The molecule has 0 aromatic rings. The second-order valence-electron chi connectivity index (χ2n) is 3.93. The number of rotatable bonds is 12. The molecular weight excluding hydrogens is 264 g/mol. The number of aliphatic hydroxyl groups excluding tert-OH is 1. The second kappa shape index (κ2) is 12.5. The van der Waals surface area contributed by atoms with Crippen LogP contribution in [-0.4, -0.2) is 69.2 Å². The minimum atomic E-state index is 0.0220. The van der Waals surface area contributed by atoms with Gasteiger partial charge in [-0.2, -0.15) is 0 Å². The lowest BCUT2D eigenvalue weighted by molar-refractivity contribution is 0.0278. The number of nitrogens with zero attached hydrogens (tertiary/aromatic N) is 3. The van der Waals surface area contributed by atoms with E-state index in [-0.39, 0.29) is 19.1 Å². The molecule has 0 aromatic heterocycles. The highest BCUT2D eigenvalue weighted by Crippen LogP contribution is 1.97. The van der Waals surface area contributed by atoms with Crippen molar-refractivity contribution in [3.8, 4) is 0 Å². The van der Waals surface area contributed by atoms with Crippen LogP contribution in [0.4, 0.5) is 0 Å². The lowest BCUT2D eigenvalue weighted by Gasteiger charge is -2.11. The molecule has 0 aromatic carbocycles. The van der Waals surface area contributed by atoms with Gasteiger partial charge in [0.1, 0.15) is 6.61 Å². The van der Waals surface area contributed by atoms with Crippen LogP contribution in [0.25, 0.3) is 0 Å². The van der Waals surface area contributed by atoms with Crippen LogP contribution in [0.2, 0.25) is 0 Å². The molecule has 0 radical (unpaired) electrons. The molecule has 0 aliphatic rings. The number of nitrogens with one attached hydrogen (secondary N) is 1.